The summed E-state index contributed by atoms with van der Waals surface area (Å²) in [4.78, 5) is 15.6. The molecule has 1 N–H and O–H groups in total. The standard InChI is InChI=1S/C9H9BrF3N5/c10-1-2-18(3-9(11,12)13)8-6-7(15-4-14-6)16-5-17-8/h4-5H,1-3H2,(H,14,15,16,17). The monoisotopic (exact) mass is 323 g/mol. The van der Waals surface area contributed by atoms with E-state index in [-0.39, 0.29) is 12.4 Å². The Labute approximate surface area is 109 Å². The van der Waals surface area contributed by atoms with Gasteiger partial charge in [-0.3, -0.25) is 0 Å². The number of halogens is 4. The molecule has 0 unspecified atom stereocenters. The first-order valence-corrected chi connectivity index (χ1v) is 6.15. The molecule has 0 bridgehead atoms. The maximum atomic E-state index is 12.5. The van der Waals surface area contributed by atoms with Crippen LogP contribution in [0.4, 0.5) is 19.0 Å². The van der Waals surface area contributed by atoms with Gasteiger partial charge in [-0.1, -0.05) is 15.9 Å². The van der Waals surface area contributed by atoms with Crippen molar-refractivity contribution in [3.05, 3.63) is 12.7 Å². The molecule has 0 aliphatic carbocycles. The van der Waals surface area contributed by atoms with Gasteiger partial charge in [0.15, 0.2) is 11.5 Å². The minimum absolute atomic E-state index is 0.185. The smallest absolute Gasteiger partial charge is 0.345 e. The molecule has 0 spiro atoms. The number of H-pyrrole nitrogens is 1. The third kappa shape index (κ3) is 2.89. The van der Waals surface area contributed by atoms with Gasteiger partial charge < -0.3 is 9.88 Å². The highest BCUT2D eigenvalue weighted by atomic mass is 79.9. The molecule has 0 aliphatic rings. The highest BCUT2D eigenvalue weighted by molar-refractivity contribution is 9.09. The van der Waals surface area contributed by atoms with Crippen molar-refractivity contribution in [2.45, 2.75) is 6.18 Å². The maximum absolute atomic E-state index is 12.5. The molecule has 9 heteroatoms. The van der Waals surface area contributed by atoms with Gasteiger partial charge in [0, 0.05) is 11.9 Å². The van der Waals surface area contributed by atoms with E-state index in [2.05, 4.69) is 35.9 Å². The number of hydrogen-bond acceptors (Lipinski definition) is 4. The van der Waals surface area contributed by atoms with Crippen LogP contribution in [-0.4, -0.2) is 44.5 Å². The number of anilines is 1. The van der Waals surface area contributed by atoms with Crippen LogP contribution >= 0.6 is 15.9 Å². The summed E-state index contributed by atoms with van der Waals surface area (Å²) < 4.78 is 37.5. The van der Waals surface area contributed by atoms with Gasteiger partial charge in [0.25, 0.3) is 0 Å². The van der Waals surface area contributed by atoms with Crippen LogP contribution in [0.25, 0.3) is 11.2 Å². The first-order chi connectivity index (χ1) is 8.51. The molecule has 0 fully saturated rings. The van der Waals surface area contributed by atoms with Crippen LogP contribution in [0.3, 0.4) is 0 Å². The van der Waals surface area contributed by atoms with Crippen molar-refractivity contribution < 1.29 is 13.2 Å². The first kappa shape index (κ1) is 13.1. The molecule has 0 saturated heterocycles. The summed E-state index contributed by atoms with van der Waals surface area (Å²) in [5.41, 5.74) is 0.754. The number of alkyl halides is 4. The lowest BCUT2D eigenvalue weighted by atomic mass is 10.4. The van der Waals surface area contributed by atoms with Crippen LogP contribution in [-0.2, 0) is 0 Å². The van der Waals surface area contributed by atoms with E-state index >= 15 is 0 Å². The van der Waals surface area contributed by atoms with E-state index < -0.39 is 12.7 Å². The van der Waals surface area contributed by atoms with Crippen molar-refractivity contribution in [1.82, 2.24) is 19.9 Å². The van der Waals surface area contributed by atoms with Crippen molar-refractivity contribution in [2.24, 2.45) is 0 Å². The Morgan fingerprint density at radius 3 is 2.72 bits per heavy atom. The second-order valence-electron chi connectivity index (χ2n) is 3.52. The third-order valence-corrected chi connectivity index (χ3v) is 2.58. The molecule has 0 saturated carbocycles. The number of imidazole rings is 1. The lowest BCUT2D eigenvalue weighted by Crippen LogP contribution is -2.36. The van der Waals surface area contributed by atoms with Gasteiger partial charge in [0.2, 0.25) is 0 Å². The van der Waals surface area contributed by atoms with E-state index in [1.807, 2.05) is 0 Å². The van der Waals surface area contributed by atoms with Crippen LogP contribution in [0.5, 0.6) is 0 Å². The van der Waals surface area contributed by atoms with E-state index in [1.54, 1.807) is 0 Å². The summed E-state index contributed by atoms with van der Waals surface area (Å²) >= 11 is 3.13. The van der Waals surface area contributed by atoms with Gasteiger partial charge in [0.05, 0.1) is 6.33 Å². The Morgan fingerprint density at radius 1 is 1.28 bits per heavy atom. The predicted molar refractivity (Wildman–Crippen MR) is 63.7 cm³/mol. The molecule has 2 rings (SSSR count). The zero-order chi connectivity index (χ0) is 13.2. The van der Waals surface area contributed by atoms with Gasteiger partial charge in [-0.25, -0.2) is 15.0 Å². The highest BCUT2D eigenvalue weighted by Crippen LogP contribution is 2.24. The van der Waals surface area contributed by atoms with Gasteiger partial charge in [0.1, 0.15) is 18.4 Å². The number of hydrogen-bond donors (Lipinski definition) is 1. The zero-order valence-electron chi connectivity index (χ0n) is 9.08. The van der Waals surface area contributed by atoms with Crippen LogP contribution in [0, 0.1) is 0 Å². The number of aromatic amines is 1. The fourth-order valence-electron chi connectivity index (χ4n) is 1.57. The molecule has 18 heavy (non-hydrogen) atoms. The lowest BCUT2D eigenvalue weighted by molar-refractivity contribution is -0.119. The minimum Gasteiger partial charge on any atom is -0.345 e. The fraction of sp³-hybridized carbons (Fsp3) is 0.444. The SMILES string of the molecule is FC(F)(F)CN(CCBr)c1ncnc2nc[nH]c12. The van der Waals surface area contributed by atoms with E-state index in [4.69, 9.17) is 0 Å². The molecule has 2 aromatic rings. The van der Waals surface area contributed by atoms with Gasteiger partial charge in [-0.2, -0.15) is 13.2 Å². The molecule has 98 valence electrons. The van der Waals surface area contributed by atoms with Gasteiger partial charge in [-0.15, -0.1) is 0 Å². The Kier molecular flexibility index (Phi) is 3.69. The van der Waals surface area contributed by atoms with Gasteiger partial charge >= 0.3 is 6.18 Å². The summed E-state index contributed by atoms with van der Waals surface area (Å²) in [6.45, 7) is -0.881. The van der Waals surface area contributed by atoms with Crippen molar-refractivity contribution in [2.75, 3.05) is 23.3 Å². The fourth-order valence-corrected chi connectivity index (χ4v) is 2.00. The highest BCUT2D eigenvalue weighted by Gasteiger charge is 2.32. The average Bonchev–Trinajstić information content (AvgIpc) is 2.74. The molecule has 2 aromatic heterocycles. The average molecular weight is 324 g/mol. The molecule has 0 aromatic carbocycles. The Balaban J connectivity index is 2.38. The molecule has 2 heterocycles. The molecule has 0 radical (unpaired) electrons. The molecule has 0 aliphatic heterocycles. The molecule has 0 atom stereocenters. The van der Waals surface area contributed by atoms with Crippen molar-refractivity contribution in [3.63, 3.8) is 0 Å². The molecular formula is C9H9BrF3N5. The second kappa shape index (κ2) is 5.09. The van der Waals surface area contributed by atoms with Crippen molar-refractivity contribution >= 4 is 32.9 Å². The van der Waals surface area contributed by atoms with Crippen LogP contribution in [0.15, 0.2) is 12.7 Å². The first-order valence-electron chi connectivity index (χ1n) is 5.03. The largest absolute Gasteiger partial charge is 0.405 e. The minimum atomic E-state index is -4.29. The number of nitrogens with one attached hydrogen (secondary N) is 1. The van der Waals surface area contributed by atoms with E-state index in [1.165, 1.54) is 12.7 Å². The summed E-state index contributed by atoms with van der Waals surface area (Å²) in [5.74, 6) is 0.203. The third-order valence-electron chi connectivity index (χ3n) is 2.23. The molecular weight excluding hydrogens is 315 g/mol. The molecule has 5 nitrogen and oxygen atoms in total. The van der Waals surface area contributed by atoms with E-state index in [0.717, 1.165) is 4.90 Å². The zero-order valence-corrected chi connectivity index (χ0v) is 10.7. The van der Waals surface area contributed by atoms with Gasteiger partial charge in [-0.05, 0) is 0 Å². The summed E-state index contributed by atoms with van der Waals surface area (Å²) in [6.07, 6.45) is -1.71. The maximum Gasteiger partial charge on any atom is 0.405 e. The number of fused-ring (bicyclic) bond motifs is 1. The van der Waals surface area contributed by atoms with Crippen molar-refractivity contribution in [3.8, 4) is 0 Å². The topological polar surface area (TPSA) is 57.7 Å². The van der Waals surface area contributed by atoms with Crippen LogP contribution < -0.4 is 4.90 Å². The summed E-state index contributed by atoms with van der Waals surface area (Å²) in [7, 11) is 0. The van der Waals surface area contributed by atoms with E-state index in [9.17, 15) is 13.2 Å². The Morgan fingerprint density at radius 2 is 2.06 bits per heavy atom. The normalized spacial score (nSPS) is 12.0. The quantitative estimate of drug-likeness (QED) is 0.876. The predicted octanol–water partition coefficient (Wildman–Crippen LogP) is 2.12. The Hall–Kier alpha value is -1.38. The molecule has 0 amide bonds. The second-order valence-corrected chi connectivity index (χ2v) is 4.32. The van der Waals surface area contributed by atoms with Crippen LogP contribution in [0.1, 0.15) is 0 Å². The summed E-state index contributed by atoms with van der Waals surface area (Å²) in [6, 6.07) is 0. The van der Waals surface area contributed by atoms with Crippen molar-refractivity contribution in [1.29, 1.82) is 0 Å². The van der Waals surface area contributed by atoms with E-state index in [0.29, 0.717) is 16.5 Å². The Bertz CT molecular complexity index is 526. The number of aromatic nitrogens is 4. The number of rotatable bonds is 4. The summed E-state index contributed by atoms with van der Waals surface area (Å²) in [5, 5.41) is 0.405. The lowest BCUT2D eigenvalue weighted by Gasteiger charge is -2.24. The number of nitrogens with zero attached hydrogens (tertiary/aromatic N) is 4. The van der Waals surface area contributed by atoms with Crippen LogP contribution in [0.2, 0.25) is 0 Å².